The summed E-state index contributed by atoms with van der Waals surface area (Å²) in [4.78, 5) is 12.9. The van der Waals surface area contributed by atoms with Crippen molar-refractivity contribution in [2.45, 2.75) is 4.90 Å². The number of rotatable bonds is 5. The molecule has 0 saturated carbocycles. The molecule has 3 N–H and O–H groups in total. The first-order valence-corrected chi connectivity index (χ1v) is 7.09. The quantitative estimate of drug-likeness (QED) is 0.655. The molecule has 0 aliphatic rings. The van der Waals surface area contributed by atoms with Crippen LogP contribution in [0.3, 0.4) is 0 Å². The lowest BCUT2D eigenvalue weighted by Gasteiger charge is -2.07. The van der Waals surface area contributed by atoms with Gasteiger partial charge in [0.05, 0.1) is 24.2 Å². The van der Waals surface area contributed by atoms with Crippen LogP contribution in [-0.4, -0.2) is 18.8 Å². The number of nitrogens with two attached hydrogens (primary N) is 1. The van der Waals surface area contributed by atoms with E-state index in [1.807, 2.05) is 36.4 Å². The summed E-state index contributed by atoms with van der Waals surface area (Å²) < 4.78 is 5.08. The summed E-state index contributed by atoms with van der Waals surface area (Å²) in [6.45, 7) is 0. The molecule has 0 heterocycles. The van der Waals surface area contributed by atoms with Gasteiger partial charge in [0, 0.05) is 4.90 Å². The molecule has 0 unspecified atom stereocenters. The average molecular weight is 288 g/mol. The first-order chi connectivity index (χ1) is 9.69. The van der Waals surface area contributed by atoms with Gasteiger partial charge in [0.25, 0.3) is 0 Å². The minimum Gasteiger partial charge on any atom is -0.497 e. The Kier molecular flexibility index (Phi) is 4.90. The third-order valence-corrected chi connectivity index (χ3v) is 3.68. The lowest BCUT2D eigenvalue weighted by atomic mass is 10.3. The highest BCUT2D eigenvalue weighted by Crippen LogP contribution is 2.22. The standard InChI is InChI=1S/C15H16N2O2S/c1-19-11-6-8-12(9-7-11)20-10-15(18)17-14-5-3-2-4-13(14)16/h2-9H,10,16H2,1H3,(H,17,18). The van der Waals surface area contributed by atoms with E-state index >= 15 is 0 Å². The van der Waals surface area contributed by atoms with Crippen LogP contribution >= 0.6 is 11.8 Å². The van der Waals surface area contributed by atoms with E-state index in [1.54, 1.807) is 19.2 Å². The van der Waals surface area contributed by atoms with Gasteiger partial charge < -0.3 is 15.8 Å². The number of ether oxygens (including phenoxy) is 1. The van der Waals surface area contributed by atoms with Gasteiger partial charge in [-0.25, -0.2) is 0 Å². The minimum absolute atomic E-state index is 0.0799. The van der Waals surface area contributed by atoms with Crippen molar-refractivity contribution in [1.82, 2.24) is 0 Å². The van der Waals surface area contributed by atoms with Crippen molar-refractivity contribution in [2.75, 3.05) is 23.9 Å². The number of hydrogen-bond acceptors (Lipinski definition) is 4. The zero-order valence-corrected chi connectivity index (χ0v) is 11.9. The fraction of sp³-hybridized carbons (Fsp3) is 0.133. The fourth-order valence-electron chi connectivity index (χ4n) is 1.62. The van der Waals surface area contributed by atoms with Crippen molar-refractivity contribution in [3.05, 3.63) is 48.5 Å². The average Bonchev–Trinajstić information content (AvgIpc) is 2.48. The van der Waals surface area contributed by atoms with E-state index in [4.69, 9.17) is 10.5 Å². The second-order valence-corrected chi connectivity index (χ2v) is 5.15. The summed E-state index contributed by atoms with van der Waals surface area (Å²) in [7, 11) is 1.62. The third kappa shape index (κ3) is 3.93. The first-order valence-electron chi connectivity index (χ1n) is 6.10. The van der Waals surface area contributed by atoms with Crippen LogP contribution in [0.5, 0.6) is 5.75 Å². The molecule has 104 valence electrons. The van der Waals surface area contributed by atoms with Gasteiger partial charge in [0.2, 0.25) is 5.91 Å². The molecule has 0 bridgehead atoms. The number of nitrogens with one attached hydrogen (secondary N) is 1. The first kappa shape index (κ1) is 14.3. The molecule has 0 aromatic heterocycles. The van der Waals surface area contributed by atoms with E-state index in [1.165, 1.54) is 11.8 Å². The molecule has 2 rings (SSSR count). The van der Waals surface area contributed by atoms with Crippen LogP contribution in [-0.2, 0) is 4.79 Å². The Bertz CT molecular complexity index is 585. The molecule has 0 saturated heterocycles. The number of nitrogen functional groups attached to an aromatic ring is 1. The molecular formula is C15H16N2O2S. The number of thioether (sulfide) groups is 1. The molecule has 20 heavy (non-hydrogen) atoms. The van der Waals surface area contributed by atoms with Gasteiger partial charge in [-0.05, 0) is 36.4 Å². The van der Waals surface area contributed by atoms with Crippen molar-refractivity contribution in [1.29, 1.82) is 0 Å². The van der Waals surface area contributed by atoms with Gasteiger partial charge in [-0.15, -0.1) is 11.8 Å². The van der Waals surface area contributed by atoms with Gasteiger partial charge >= 0.3 is 0 Å². The lowest BCUT2D eigenvalue weighted by molar-refractivity contribution is -0.113. The highest BCUT2D eigenvalue weighted by atomic mass is 32.2. The molecular weight excluding hydrogens is 272 g/mol. The van der Waals surface area contributed by atoms with Crippen molar-refractivity contribution in [3.8, 4) is 5.75 Å². The van der Waals surface area contributed by atoms with Crippen LogP contribution < -0.4 is 15.8 Å². The summed E-state index contributed by atoms with van der Waals surface area (Å²) in [5.74, 6) is 1.06. The van der Waals surface area contributed by atoms with Gasteiger partial charge in [-0.1, -0.05) is 12.1 Å². The van der Waals surface area contributed by atoms with E-state index < -0.39 is 0 Å². The van der Waals surface area contributed by atoms with Crippen molar-refractivity contribution in [3.63, 3.8) is 0 Å². The zero-order chi connectivity index (χ0) is 14.4. The molecule has 0 aliphatic heterocycles. The second kappa shape index (κ2) is 6.86. The van der Waals surface area contributed by atoms with Gasteiger partial charge in [-0.3, -0.25) is 4.79 Å². The molecule has 0 aliphatic carbocycles. The zero-order valence-electron chi connectivity index (χ0n) is 11.1. The van der Waals surface area contributed by atoms with Crippen molar-refractivity contribution >= 4 is 29.0 Å². The SMILES string of the molecule is COc1ccc(SCC(=O)Nc2ccccc2N)cc1. The Balaban J connectivity index is 1.87. The molecule has 0 radical (unpaired) electrons. The monoisotopic (exact) mass is 288 g/mol. The maximum absolute atomic E-state index is 11.8. The summed E-state index contributed by atoms with van der Waals surface area (Å²) in [5.41, 5.74) is 6.98. The molecule has 5 heteroatoms. The minimum atomic E-state index is -0.0799. The largest absolute Gasteiger partial charge is 0.497 e. The molecule has 4 nitrogen and oxygen atoms in total. The molecule has 0 atom stereocenters. The Hall–Kier alpha value is -2.14. The molecule has 0 spiro atoms. The number of hydrogen-bond donors (Lipinski definition) is 2. The fourth-order valence-corrected chi connectivity index (χ4v) is 2.32. The number of carbonyl (C=O) groups excluding carboxylic acids is 1. The third-order valence-electron chi connectivity index (χ3n) is 2.66. The van der Waals surface area contributed by atoms with E-state index in [-0.39, 0.29) is 5.91 Å². The van der Waals surface area contributed by atoms with Gasteiger partial charge in [0.1, 0.15) is 5.75 Å². The predicted octanol–water partition coefficient (Wildman–Crippen LogP) is 3.01. The van der Waals surface area contributed by atoms with Crippen molar-refractivity contribution < 1.29 is 9.53 Å². The highest BCUT2D eigenvalue weighted by Gasteiger charge is 2.05. The van der Waals surface area contributed by atoms with Crippen LogP contribution in [0, 0.1) is 0 Å². The molecule has 0 fully saturated rings. The maximum atomic E-state index is 11.8. The lowest BCUT2D eigenvalue weighted by Crippen LogP contribution is -2.15. The Labute approximate surface area is 122 Å². The number of benzene rings is 2. The summed E-state index contributed by atoms with van der Waals surface area (Å²) in [5, 5.41) is 2.79. The highest BCUT2D eigenvalue weighted by molar-refractivity contribution is 8.00. The second-order valence-electron chi connectivity index (χ2n) is 4.10. The van der Waals surface area contributed by atoms with Gasteiger partial charge in [-0.2, -0.15) is 0 Å². The van der Waals surface area contributed by atoms with Gasteiger partial charge in [0.15, 0.2) is 0 Å². The van der Waals surface area contributed by atoms with Crippen LogP contribution in [0.1, 0.15) is 0 Å². The summed E-state index contributed by atoms with van der Waals surface area (Å²) >= 11 is 1.46. The predicted molar refractivity (Wildman–Crippen MR) is 83.2 cm³/mol. The number of para-hydroxylation sites is 2. The Morgan fingerprint density at radius 2 is 1.90 bits per heavy atom. The number of methoxy groups -OCH3 is 1. The molecule has 2 aromatic rings. The Morgan fingerprint density at radius 1 is 1.20 bits per heavy atom. The Morgan fingerprint density at radius 3 is 2.55 bits per heavy atom. The van der Waals surface area contributed by atoms with E-state index in [0.29, 0.717) is 17.1 Å². The normalized spacial score (nSPS) is 10.1. The van der Waals surface area contributed by atoms with E-state index in [9.17, 15) is 4.79 Å². The van der Waals surface area contributed by atoms with Crippen LogP contribution in [0.2, 0.25) is 0 Å². The van der Waals surface area contributed by atoms with Crippen molar-refractivity contribution in [2.24, 2.45) is 0 Å². The number of carbonyl (C=O) groups is 1. The van der Waals surface area contributed by atoms with Crippen LogP contribution in [0.15, 0.2) is 53.4 Å². The molecule has 2 aromatic carbocycles. The maximum Gasteiger partial charge on any atom is 0.234 e. The van der Waals surface area contributed by atoms with Crippen LogP contribution in [0.25, 0.3) is 0 Å². The van der Waals surface area contributed by atoms with Crippen LogP contribution in [0.4, 0.5) is 11.4 Å². The number of anilines is 2. The van der Waals surface area contributed by atoms with E-state index in [2.05, 4.69) is 5.32 Å². The summed E-state index contributed by atoms with van der Waals surface area (Å²) in [6, 6.07) is 14.8. The summed E-state index contributed by atoms with van der Waals surface area (Å²) in [6.07, 6.45) is 0. The smallest absolute Gasteiger partial charge is 0.234 e. The topological polar surface area (TPSA) is 64.3 Å². The van der Waals surface area contributed by atoms with E-state index in [0.717, 1.165) is 10.6 Å². The molecule has 1 amide bonds. The number of amides is 1.